The Kier molecular flexibility index (Phi) is 4.43. The van der Waals surface area contributed by atoms with Gasteiger partial charge in [-0.1, -0.05) is 24.3 Å². The van der Waals surface area contributed by atoms with Gasteiger partial charge >= 0.3 is 0 Å². The maximum Gasteiger partial charge on any atom is 0.245 e. The van der Waals surface area contributed by atoms with E-state index in [1.165, 1.54) is 12.1 Å². The number of sulfonamides is 1. The number of aryl methyl sites for hydroxylation is 2. The minimum Gasteiger partial charge on any atom is -0.311 e. The second kappa shape index (κ2) is 6.37. The first-order valence-corrected chi connectivity index (χ1v) is 9.33. The highest BCUT2D eigenvalue weighted by molar-refractivity contribution is 7.89. The molecular formula is C18H20N2O3S. The van der Waals surface area contributed by atoms with E-state index in [2.05, 4.69) is 4.72 Å². The van der Waals surface area contributed by atoms with Crippen molar-refractivity contribution in [1.82, 2.24) is 4.72 Å². The van der Waals surface area contributed by atoms with Gasteiger partial charge in [0, 0.05) is 12.2 Å². The lowest BCUT2D eigenvalue weighted by Crippen LogP contribution is -2.41. The van der Waals surface area contributed by atoms with Crippen LogP contribution >= 0.6 is 0 Å². The lowest BCUT2D eigenvalue weighted by atomic mass is 10.1. The number of nitrogens with one attached hydrogen (secondary N) is 1. The molecule has 1 heterocycles. The molecule has 2 aromatic rings. The largest absolute Gasteiger partial charge is 0.311 e. The first-order valence-electron chi connectivity index (χ1n) is 7.84. The highest BCUT2D eigenvalue weighted by Gasteiger charge is 2.35. The molecule has 1 aliphatic heterocycles. The van der Waals surface area contributed by atoms with E-state index in [1.54, 1.807) is 23.1 Å². The molecule has 126 valence electrons. The Morgan fingerprint density at radius 1 is 1.04 bits per heavy atom. The zero-order chi connectivity index (χ0) is 17.3. The van der Waals surface area contributed by atoms with Crippen molar-refractivity contribution in [2.24, 2.45) is 0 Å². The SMILES string of the molecule is Cc1ccc(N2CC[C@H](NS(=O)(=O)c3ccccc3)C2=O)cc1C. The molecule has 0 aromatic heterocycles. The van der Waals surface area contributed by atoms with Crippen molar-refractivity contribution in [3.8, 4) is 0 Å². The van der Waals surface area contributed by atoms with Crippen molar-refractivity contribution in [3.05, 3.63) is 59.7 Å². The third-order valence-electron chi connectivity index (χ3n) is 4.36. The Labute approximate surface area is 142 Å². The zero-order valence-corrected chi connectivity index (χ0v) is 14.5. The van der Waals surface area contributed by atoms with E-state index >= 15 is 0 Å². The molecule has 24 heavy (non-hydrogen) atoms. The van der Waals surface area contributed by atoms with Crippen LogP contribution in [-0.2, 0) is 14.8 Å². The third-order valence-corrected chi connectivity index (χ3v) is 5.85. The summed E-state index contributed by atoms with van der Waals surface area (Å²) in [5.41, 5.74) is 3.07. The predicted octanol–water partition coefficient (Wildman–Crippen LogP) is 2.39. The minimum absolute atomic E-state index is 0.169. The van der Waals surface area contributed by atoms with Gasteiger partial charge in [-0.3, -0.25) is 4.79 Å². The second-order valence-corrected chi connectivity index (χ2v) is 7.75. The molecule has 1 fully saturated rings. The maximum atomic E-state index is 12.6. The van der Waals surface area contributed by atoms with Crippen LogP contribution in [0.4, 0.5) is 5.69 Å². The molecule has 0 aliphatic carbocycles. The van der Waals surface area contributed by atoms with Crippen molar-refractivity contribution in [2.75, 3.05) is 11.4 Å². The van der Waals surface area contributed by atoms with Gasteiger partial charge in [-0.15, -0.1) is 0 Å². The van der Waals surface area contributed by atoms with Crippen molar-refractivity contribution in [2.45, 2.75) is 31.2 Å². The summed E-state index contributed by atoms with van der Waals surface area (Å²) in [5.74, 6) is -0.210. The summed E-state index contributed by atoms with van der Waals surface area (Å²) in [6.45, 7) is 4.51. The fourth-order valence-corrected chi connectivity index (χ4v) is 4.04. The molecule has 1 aliphatic rings. The lowest BCUT2D eigenvalue weighted by molar-refractivity contribution is -0.118. The van der Waals surface area contributed by atoms with E-state index in [0.717, 1.165) is 16.8 Å². The molecule has 6 heteroatoms. The number of nitrogens with zero attached hydrogens (tertiary/aromatic N) is 1. The van der Waals surface area contributed by atoms with Gasteiger partial charge in [-0.25, -0.2) is 8.42 Å². The summed E-state index contributed by atoms with van der Waals surface area (Å²) in [6, 6.07) is 13.2. The number of carbonyl (C=O) groups excluding carboxylic acids is 1. The number of hydrogen-bond donors (Lipinski definition) is 1. The van der Waals surface area contributed by atoms with Gasteiger partial charge in [0.1, 0.15) is 6.04 Å². The number of hydrogen-bond acceptors (Lipinski definition) is 3. The predicted molar refractivity (Wildman–Crippen MR) is 93.4 cm³/mol. The lowest BCUT2D eigenvalue weighted by Gasteiger charge is -2.18. The monoisotopic (exact) mass is 344 g/mol. The normalized spacial score (nSPS) is 18.2. The van der Waals surface area contributed by atoms with E-state index in [-0.39, 0.29) is 10.8 Å². The molecule has 1 saturated heterocycles. The van der Waals surface area contributed by atoms with E-state index < -0.39 is 16.1 Å². The molecule has 0 spiro atoms. The molecule has 3 rings (SSSR count). The summed E-state index contributed by atoms with van der Waals surface area (Å²) < 4.78 is 27.3. The van der Waals surface area contributed by atoms with Crippen molar-refractivity contribution < 1.29 is 13.2 Å². The van der Waals surface area contributed by atoms with Crippen LogP contribution in [0.15, 0.2) is 53.4 Å². The molecule has 2 aromatic carbocycles. The Balaban J connectivity index is 1.78. The Hall–Kier alpha value is -2.18. The molecule has 0 bridgehead atoms. The molecule has 0 radical (unpaired) electrons. The van der Waals surface area contributed by atoms with Crippen LogP contribution in [0, 0.1) is 13.8 Å². The molecule has 1 atom stereocenters. The van der Waals surface area contributed by atoms with Crippen molar-refractivity contribution in [1.29, 1.82) is 0 Å². The van der Waals surface area contributed by atoms with Gasteiger partial charge in [0.25, 0.3) is 0 Å². The van der Waals surface area contributed by atoms with Crippen molar-refractivity contribution >= 4 is 21.6 Å². The molecule has 0 saturated carbocycles. The second-order valence-electron chi connectivity index (χ2n) is 6.03. The van der Waals surface area contributed by atoms with Gasteiger partial charge in [0.2, 0.25) is 15.9 Å². The minimum atomic E-state index is -3.69. The van der Waals surface area contributed by atoms with Crippen molar-refractivity contribution in [3.63, 3.8) is 0 Å². The number of carbonyl (C=O) groups is 1. The number of benzene rings is 2. The Morgan fingerprint density at radius 3 is 2.42 bits per heavy atom. The Morgan fingerprint density at radius 2 is 1.75 bits per heavy atom. The van der Waals surface area contributed by atoms with Gasteiger partial charge in [0.15, 0.2) is 0 Å². The summed E-state index contributed by atoms with van der Waals surface area (Å²) in [7, 11) is -3.69. The van der Waals surface area contributed by atoms with E-state index in [9.17, 15) is 13.2 Å². The topological polar surface area (TPSA) is 66.5 Å². The fraction of sp³-hybridized carbons (Fsp3) is 0.278. The standard InChI is InChI=1S/C18H20N2O3S/c1-13-8-9-15(12-14(13)2)20-11-10-17(18(20)21)19-24(22,23)16-6-4-3-5-7-16/h3-9,12,17,19H,10-11H2,1-2H3/t17-/m0/s1. The summed E-state index contributed by atoms with van der Waals surface area (Å²) in [5, 5.41) is 0. The average Bonchev–Trinajstić information content (AvgIpc) is 2.91. The van der Waals surface area contributed by atoms with Crippen LogP contribution in [0.2, 0.25) is 0 Å². The van der Waals surface area contributed by atoms with Gasteiger partial charge in [0.05, 0.1) is 4.90 Å². The van der Waals surface area contributed by atoms with Crippen LogP contribution in [0.5, 0.6) is 0 Å². The number of anilines is 1. The van der Waals surface area contributed by atoms with Crippen LogP contribution in [0.1, 0.15) is 17.5 Å². The first kappa shape index (κ1) is 16.7. The summed E-state index contributed by atoms with van der Waals surface area (Å²) in [4.78, 5) is 14.4. The van der Waals surface area contributed by atoms with Crippen LogP contribution in [0.25, 0.3) is 0 Å². The van der Waals surface area contributed by atoms with Gasteiger partial charge in [-0.05, 0) is 55.7 Å². The van der Waals surface area contributed by atoms with E-state index in [4.69, 9.17) is 0 Å². The van der Waals surface area contributed by atoms with Crippen LogP contribution < -0.4 is 9.62 Å². The smallest absolute Gasteiger partial charge is 0.245 e. The van der Waals surface area contributed by atoms with E-state index in [1.807, 2.05) is 32.0 Å². The van der Waals surface area contributed by atoms with Gasteiger partial charge < -0.3 is 4.90 Å². The van der Waals surface area contributed by atoms with Crippen LogP contribution in [0.3, 0.4) is 0 Å². The molecule has 1 N–H and O–H groups in total. The van der Waals surface area contributed by atoms with Crippen LogP contribution in [-0.4, -0.2) is 26.9 Å². The molecule has 0 unspecified atom stereocenters. The summed E-state index contributed by atoms with van der Waals surface area (Å²) in [6.07, 6.45) is 0.456. The first-order chi connectivity index (χ1) is 11.4. The number of amides is 1. The quantitative estimate of drug-likeness (QED) is 0.926. The summed E-state index contributed by atoms with van der Waals surface area (Å²) >= 11 is 0. The molecule has 5 nitrogen and oxygen atoms in total. The molecular weight excluding hydrogens is 324 g/mol. The maximum absolute atomic E-state index is 12.6. The van der Waals surface area contributed by atoms with E-state index in [0.29, 0.717) is 13.0 Å². The number of rotatable bonds is 4. The highest BCUT2D eigenvalue weighted by Crippen LogP contribution is 2.24. The average molecular weight is 344 g/mol. The fourth-order valence-electron chi connectivity index (χ4n) is 2.79. The zero-order valence-electron chi connectivity index (χ0n) is 13.7. The Bertz CT molecular complexity index is 863. The third kappa shape index (κ3) is 3.20. The molecule has 1 amide bonds. The van der Waals surface area contributed by atoms with Gasteiger partial charge in [-0.2, -0.15) is 4.72 Å². The highest BCUT2D eigenvalue weighted by atomic mass is 32.2.